The molecule has 6 rings (SSSR count). The Kier molecular flexibility index (Phi) is 6.37. The quantitative estimate of drug-likeness (QED) is 0.492. The van der Waals surface area contributed by atoms with Crippen LogP contribution in [0, 0.1) is 18.3 Å². The first-order valence-corrected chi connectivity index (χ1v) is 13.1. The van der Waals surface area contributed by atoms with Crippen molar-refractivity contribution in [2.45, 2.75) is 51.4 Å². The Labute approximate surface area is 225 Å². The second-order valence-corrected chi connectivity index (χ2v) is 10.4. The molecule has 39 heavy (non-hydrogen) atoms. The molecule has 2 atom stereocenters. The van der Waals surface area contributed by atoms with Gasteiger partial charge in [-0.15, -0.1) is 0 Å². The number of piperidine rings is 1. The van der Waals surface area contributed by atoms with Gasteiger partial charge < -0.3 is 9.64 Å². The minimum absolute atomic E-state index is 0.0302. The molecule has 0 spiro atoms. The summed E-state index contributed by atoms with van der Waals surface area (Å²) in [7, 11) is 0. The molecule has 1 N–H and O–H groups in total. The molecule has 10 heteroatoms. The van der Waals surface area contributed by atoms with Crippen LogP contribution in [0.15, 0.2) is 48.8 Å². The molecule has 2 fully saturated rings. The maximum atomic E-state index is 12.9. The number of likely N-dealkylation sites (tertiary alicyclic amines) is 1. The molecule has 3 aliphatic heterocycles. The summed E-state index contributed by atoms with van der Waals surface area (Å²) in [4.78, 5) is 40.6. The number of hydrogen-bond acceptors (Lipinski definition) is 7. The van der Waals surface area contributed by atoms with Crippen molar-refractivity contribution < 1.29 is 19.1 Å². The van der Waals surface area contributed by atoms with E-state index in [-0.39, 0.29) is 24.3 Å². The average molecular weight is 525 g/mol. The molecule has 198 valence electrons. The minimum Gasteiger partial charge on any atom is -0.489 e. The van der Waals surface area contributed by atoms with E-state index in [0.717, 1.165) is 48.4 Å². The van der Waals surface area contributed by atoms with E-state index in [4.69, 9.17) is 10.00 Å². The van der Waals surface area contributed by atoms with Crippen molar-refractivity contribution in [3.8, 4) is 17.5 Å². The van der Waals surface area contributed by atoms with Crippen molar-refractivity contribution in [3.63, 3.8) is 0 Å². The fourth-order valence-corrected chi connectivity index (χ4v) is 5.61. The van der Waals surface area contributed by atoms with Crippen molar-refractivity contribution in [3.05, 3.63) is 76.6 Å². The molecule has 2 aromatic carbocycles. The van der Waals surface area contributed by atoms with Crippen molar-refractivity contribution in [1.29, 1.82) is 5.26 Å². The summed E-state index contributed by atoms with van der Waals surface area (Å²) in [5, 5.41) is 16.0. The van der Waals surface area contributed by atoms with Crippen LogP contribution in [0.5, 0.6) is 5.75 Å². The number of ether oxygens (including phenoxy) is 1. The number of nitriles is 1. The van der Waals surface area contributed by atoms with E-state index in [1.807, 2.05) is 54.3 Å². The molecule has 4 heterocycles. The summed E-state index contributed by atoms with van der Waals surface area (Å²) >= 11 is 0. The number of imide groups is 1. The molecule has 10 nitrogen and oxygen atoms in total. The Hall–Kier alpha value is -4.49. The zero-order chi connectivity index (χ0) is 27.1. The lowest BCUT2D eigenvalue weighted by Crippen LogP contribution is -2.52. The standard InChI is InChI=1S/C29H28N6O4/c1-18-10-22(3-2-20(18)12-30)35-15-19(13-31-35)14-33-9-8-24(17-33)39-23-4-5-25-21(11-23)16-34(29(25)38)26-6-7-27(36)32-28(26)37/h2-5,10-11,13,15,24,26H,6-9,14,16-17H2,1H3,(H,32,36,37)/t24-,26?/m0/s1. The van der Waals surface area contributed by atoms with Gasteiger partial charge in [0.15, 0.2) is 0 Å². The highest BCUT2D eigenvalue weighted by molar-refractivity contribution is 6.05. The molecule has 1 unspecified atom stereocenters. The topological polar surface area (TPSA) is 121 Å². The highest BCUT2D eigenvalue weighted by Crippen LogP contribution is 2.31. The summed E-state index contributed by atoms with van der Waals surface area (Å²) in [6.45, 7) is 4.69. The predicted octanol–water partition coefficient (Wildman–Crippen LogP) is 2.47. The van der Waals surface area contributed by atoms with E-state index in [2.05, 4.69) is 21.4 Å². The monoisotopic (exact) mass is 524 g/mol. The molecule has 0 saturated carbocycles. The number of carbonyl (C=O) groups excluding carboxylic acids is 3. The fourth-order valence-electron chi connectivity index (χ4n) is 5.61. The lowest BCUT2D eigenvalue weighted by Gasteiger charge is -2.29. The number of aromatic nitrogens is 2. The minimum atomic E-state index is -0.624. The van der Waals surface area contributed by atoms with Gasteiger partial charge in [-0.2, -0.15) is 10.4 Å². The molecule has 3 amide bonds. The molecule has 0 bridgehead atoms. The molecule has 0 radical (unpaired) electrons. The summed E-state index contributed by atoms with van der Waals surface area (Å²) in [5.41, 5.74) is 5.02. The number of carbonyl (C=O) groups is 3. The summed E-state index contributed by atoms with van der Waals surface area (Å²) in [5.74, 6) is -0.179. The van der Waals surface area contributed by atoms with Crippen LogP contribution in [0.4, 0.5) is 0 Å². The van der Waals surface area contributed by atoms with Gasteiger partial charge in [0.2, 0.25) is 11.8 Å². The molecule has 3 aliphatic rings. The van der Waals surface area contributed by atoms with Crippen molar-refractivity contribution in [2.24, 2.45) is 0 Å². The van der Waals surface area contributed by atoms with Crippen LogP contribution in [-0.4, -0.2) is 62.5 Å². The van der Waals surface area contributed by atoms with E-state index >= 15 is 0 Å². The van der Waals surface area contributed by atoms with Gasteiger partial charge in [-0.25, -0.2) is 4.68 Å². The van der Waals surface area contributed by atoms with Crippen molar-refractivity contribution in [2.75, 3.05) is 13.1 Å². The number of benzene rings is 2. The molecule has 3 aromatic rings. The van der Waals surface area contributed by atoms with Gasteiger partial charge in [-0.3, -0.25) is 24.6 Å². The third-order valence-corrected chi connectivity index (χ3v) is 7.66. The predicted molar refractivity (Wildman–Crippen MR) is 140 cm³/mol. The van der Waals surface area contributed by atoms with Crippen molar-refractivity contribution >= 4 is 17.7 Å². The van der Waals surface area contributed by atoms with Gasteiger partial charge >= 0.3 is 0 Å². The second kappa shape index (κ2) is 10.0. The van der Waals surface area contributed by atoms with Crippen LogP contribution in [0.2, 0.25) is 0 Å². The smallest absolute Gasteiger partial charge is 0.255 e. The van der Waals surface area contributed by atoms with E-state index in [9.17, 15) is 14.4 Å². The lowest BCUT2D eigenvalue weighted by molar-refractivity contribution is -0.136. The first-order valence-electron chi connectivity index (χ1n) is 13.1. The van der Waals surface area contributed by atoms with Gasteiger partial charge in [0.25, 0.3) is 5.91 Å². The van der Waals surface area contributed by atoms with Crippen LogP contribution in [0.3, 0.4) is 0 Å². The maximum absolute atomic E-state index is 12.9. The second-order valence-electron chi connectivity index (χ2n) is 10.4. The lowest BCUT2D eigenvalue weighted by atomic mass is 10.0. The van der Waals surface area contributed by atoms with Gasteiger partial charge in [0.05, 0.1) is 23.5 Å². The Morgan fingerprint density at radius 2 is 2.03 bits per heavy atom. The Morgan fingerprint density at radius 3 is 2.82 bits per heavy atom. The first kappa shape index (κ1) is 24.8. The van der Waals surface area contributed by atoms with Gasteiger partial charge in [0.1, 0.15) is 17.9 Å². The first-order chi connectivity index (χ1) is 18.9. The maximum Gasteiger partial charge on any atom is 0.255 e. The van der Waals surface area contributed by atoms with Gasteiger partial charge in [-0.05, 0) is 67.3 Å². The fraction of sp³-hybridized carbons (Fsp3) is 0.345. The number of aryl methyl sites for hydroxylation is 1. The van der Waals surface area contributed by atoms with Crippen LogP contribution < -0.4 is 10.1 Å². The average Bonchev–Trinajstić information content (AvgIpc) is 3.64. The molecule has 0 aliphatic carbocycles. The Balaban J connectivity index is 1.05. The van der Waals surface area contributed by atoms with E-state index in [1.165, 1.54) is 0 Å². The van der Waals surface area contributed by atoms with Gasteiger partial charge in [-0.1, -0.05) is 0 Å². The van der Waals surface area contributed by atoms with E-state index < -0.39 is 11.9 Å². The highest BCUT2D eigenvalue weighted by Gasteiger charge is 2.39. The third kappa shape index (κ3) is 4.89. The molecular weight excluding hydrogens is 496 g/mol. The third-order valence-electron chi connectivity index (χ3n) is 7.66. The molecule has 2 saturated heterocycles. The van der Waals surface area contributed by atoms with E-state index in [1.54, 1.807) is 11.0 Å². The van der Waals surface area contributed by atoms with Crippen LogP contribution >= 0.6 is 0 Å². The van der Waals surface area contributed by atoms with E-state index in [0.29, 0.717) is 29.8 Å². The van der Waals surface area contributed by atoms with Gasteiger partial charge in [0, 0.05) is 49.9 Å². The summed E-state index contributed by atoms with van der Waals surface area (Å²) in [6.07, 6.45) is 5.38. The number of fused-ring (bicyclic) bond motifs is 1. The SMILES string of the molecule is Cc1cc(-n2cc(CN3CC[C@H](Oc4ccc5c(c4)CN(C4CCC(=O)NC4=O)C5=O)C3)cn2)ccc1C#N. The molecule has 1 aromatic heterocycles. The van der Waals surface area contributed by atoms with Crippen molar-refractivity contribution in [1.82, 2.24) is 24.9 Å². The van der Waals surface area contributed by atoms with Crippen LogP contribution in [0.1, 0.15) is 51.9 Å². The summed E-state index contributed by atoms with van der Waals surface area (Å²) < 4.78 is 8.12. The van der Waals surface area contributed by atoms with Crippen LogP contribution in [-0.2, 0) is 22.7 Å². The zero-order valence-corrected chi connectivity index (χ0v) is 21.6. The number of rotatable bonds is 6. The largest absolute Gasteiger partial charge is 0.489 e. The number of hydrogen-bond donors (Lipinski definition) is 1. The molecular formula is C29H28N6O4. The number of amides is 3. The number of nitrogens with one attached hydrogen (secondary N) is 1. The Morgan fingerprint density at radius 1 is 1.15 bits per heavy atom. The normalized spacial score (nSPS) is 21.1. The van der Waals surface area contributed by atoms with Crippen LogP contribution in [0.25, 0.3) is 5.69 Å². The summed E-state index contributed by atoms with van der Waals surface area (Å²) in [6, 6.07) is 12.7. The number of nitrogens with zero attached hydrogens (tertiary/aromatic N) is 5. The zero-order valence-electron chi connectivity index (χ0n) is 21.6. The Bertz CT molecular complexity index is 1520. The highest BCUT2D eigenvalue weighted by atomic mass is 16.5.